The number of aromatic nitrogens is 2. The van der Waals surface area contributed by atoms with Crippen LogP contribution in [0.25, 0.3) is 10.9 Å². The van der Waals surface area contributed by atoms with Crippen molar-refractivity contribution in [1.82, 2.24) is 20.0 Å². The number of likely N-dealkylation sites (tertiary alicyclic amines) is 1. The summed E-state index contributed by atoms with van der Waals surface area (Å²) in [4.78, 5) is 26.9. The summed E-state index contributed by atoms with van der Waals surface area (Å²) in [6.07, 6.45) is 3.60. The molecule has 7 nitrogen and oxygen atoms in total. The number of nitrogens with one attached hydrogen (secondary N) is 1. The molecule has 4 rings (SSSR count). The Balaban J connectivity index is 1.33. The fourth-order valence-electron chi connectivity index (χ4n) is 4.21. The third-order valence-corrected chi connectivity index (χ3v) is 5.92. The second-order valence-corrected chi connectivity index (χ2v) is 7.91. The highest BCUT2D eigenvalue weighted by Gasteiger charge is 2.36. The van der Waals surface area contributed by atoms with Gasteiger partial charge in [0.2, 0.25) is 11.8 Å². The average Bonchev–Trinajstić information content (AvgIpc) is 3.36. The van der Waals surface area contributed by atoms with Crippen LogP contribution in [0.15, 0.2) is 48.7 Å². The predicted octanol–water partition coefficient (Wildman–Crippen LogP) is 3.05. The Morgan fingerprint density at radius 2 is 2.06 bits per heavy atom. The van der Waals surface area contributed by atoms with Crippen LogP contribution < -0.4 is 10.1 Å². The second kappa shape index (κ2) is 9.20. The first kappa shape index (κ1) is 20.9. The molecular formula is C24H28N4O3. The summed E-state index contributed by atoms with van der Waals surface area (Å²) in [6.45, 7) is 3.72. The molecule has 3 aromatic rings. The van der Waals surface area contributed by atoms with E-state index in [1.165, 1.54) is 5.56 Å². The molecule has 1 unspecified atom stereocenters. The van der Waals surface area contributed by atoms with E-state index >= 15 is 0 Å². The Bertz CT molecular complexity index is 1090. The van der Waals surface area contributed by atoms with Crippen molar-refractivity contribution in [3.8, 4) is 5.75 Å². The van der Waals surface area contributed by atoms with Crippen LogP contribution in [0, 0.1) is 6.92 Å². The van der Waals surface area contributed by atoms with E-state index in [0.717, 1.165) is 35.2 Å². The smallest absolute Gasteiger partial charge is 0.242 e. The van der Waals surface area contributed by atoms with Crippen molar-refractivity contribution < 1.29 is 14.3 Å². The van der Waals surface area contributed by atoms with Crippen molar-refractivity contribution in [2.45, 2.75) is 45.3 Å². The van der Waals surface area contributed by atoms with Crippen LogP contribution in [0.4, 0.5) is 0 Å². The Labute approximate surface area is 182 Å². The van der Waals surface area contributed by atoms with Crippen LogP contribution in [-0.4, -0.2) is 46.2 Å². The van der Waals surface area contributed by atoms with E-state index in [2.05, 4.69) is 29.5 Å². The van der Waals surface area contributed by atoms with Gasteiger partial charge in [-0.3, -0.25) is 14.3 Å². The Morgan fingerprint density at radius 3 is 2.90 bits per heavy atom. The number of fused-ring (bicyclic) bond motifs is 1. The molecule has 1 aromatic heterocycles. The molecule has 7 heteroatoms. The molecule has 1 aliphatic rings. The molecule has 1 fully saturated rings. The van der Waals surface area contributed by atoms with Crippen LogP contribution in [-0.2, 0) is 22.7 Å². The highest BCUT2D eigenvalue weighted by molar-refractivity contribution is 5.91. The van der Waals surface area contributed by atoms with E-state index in [0.29, 0.717) is 25.9 Å². The van der Waals surface area contributed by atoms with E-state index in [9.17, 15) is 9.59 Å². The van der Waals surface area contributed by atoms with Gasteiger partial charge in [0.25, 0.3) is 0 Å². The standard InChI is InChI=1S/C24H28N4O3/c1-17-7-5-9-20-19(17)15-26-28(20)14-6-13-25-24(30)21-11-12-23(29)27(21)16-18-8-3-4-10-22(18)31-2/h3-5,7-10,15,21H,6,11-14,16H2,1-2H3,(H,25,30). The van der Waals surface area contributed by atoms with Gasteiger partial charge in [0, 0.05) is 30.5 Å². The van der Waals surface area contributed by atoms with Crippen molar-refractivity contribution in [3.05, 3.63) is 59.8 Å². The lowest BCUT2D eigenvalue weighted by atomic mass is 10.1. The first-order valence-corrected chi connectivity index (χ1v) is 10.7. The molecule has 1 saturated heterocycles. The molecule has 1 atom stereocenters. The van der Waals surface area contributed by atoms with E-state index < -0.39 is 6.04 Å². The van der Waals surface area contributed by atoms with Crippen LogP contribution in [0.5, 0.6) is 5.75 Å². The van der Waals surface area contributed by atoms with E-state index in [-0.39, 0.29) is 11.8 Å². The summed E-state index contributed by atoms with van der Waals surface area (Å²) >= 11 is 0. The van der Waals surface area contributed by atoms with Crippen LogP contribution in [0.3, 0.4) is 0 Å². The number of para-hydroxylation sites is 1. The minimum Gasteiger partial charge on any atom is -0.496 e. The molecule has 2 amide bonds. The van der Waals surface area contributed by atoms with Crippen molar-refractivity contribution in [2.75, 3.05) is 13.7 Å². The number of amides is 2. The zero-order valence-corrected chi connectivity index (χ0v) is 18.0. The van der Waals surface area contributed by atoms with E-state index in [1.807, 2.05) is 41.2 Å². The van der Waals surface area contributed by atoms with Crippen molar-refractivity contribution >= 4 is 22.7 Å². The number of benzene rings is 2. The molecular weight excluding hydrogens is 392 g/mol. The minimum absolute atomic E-state index is 0.00411. The van der Waals surface area contributed by atoms with Gasteiger partial charge in [-0.1, -0.05) is 30.3 Å². The summed E-state index contributed by atoms with van der Waals surface area (Å²) < 4.78 is 7.37. The van der Waals surface area contributed by atoms with Gasteiger partial charge in [-0.25, -0.2) is 0 Å². The summed E-state index contributed by atoms with van der Waals surface area (Å²) in [7, 11) is 1.61. The second-order valence-electron chi connectivity index (χ2n) is 7.91. The monoisotopic (exact) mass is 420 g/mol. The molecule has 0 bridgehead atoms. The first-order valence-electron chi connectivity index (χ1n) is 10.7. The lowest BCUT2D eigenvalue weighted by Crippen LogP contribution is -2.44. The van der Waals surface area contributed by atoms with Gasteiger partial charge < -0.3 is 15.0 Å². The lowest BCUT2D eigenvalue weighted by Gasteiger charge is -2.25. The van der Waals surface area contributed by atoms with Gasteiger partial charge in [-0.2, -0.15) is 5.10 Å². The normalized spacial score (nSPS) is 16.1. The lowest BCUT2D eigenvalue weighted by molar-refractivity contribution is -0.135. The van der Waals surface area contributed by atoms with Crippen LogP contribution >= 0.6 is 0 Å². The van der Waals surface area contributed by atoms with Gasteiger partial charge in [-0.05, 0) is 37.5 Å². The number of nitrogens with zero attached hydrogens (tertiary/aromatic N) is 3. The molecule has 0 saturated carbocycles. The summed E-state index contributed by atoms with van der Waals surface area (Å²) in [6, 6.07) is 13.3. The van der Waals surface area contributed by atoms with Gasteiger partial charge in [-0.15, -0.1) is 0 Å². The molecule has 31 heavy (non-hydrogen) atoms. The maximum Gasteiger partial charge on any atom is 0.242 e. The average molecular weight is 421 g/mol. The van der Waals surface area contributed by atoms with E-state index in [4.69, 9.17) is 4.74 Å². The van der Waals surface area contributed by atoms with Gasteiger partial charge >= 0.3 is 0 Å². The maximum atomic E-state index is 12.8. The number of carbonyl (C=O) groups excluding carboxylic acids is 2. The largest absolute Gasteiger partial charge is 0.496 e. The third kappa shape index (κ3) is 4.40. The topological polar surface area (TPSA) is 76.5 Å². The Hall–Kier alpha value is -3.35. The van der Waals surface area contributed by atoms with Gasteiger partial charge in [0.15, 0.2) is 0 Å². The van der Waals surface area contributed by atoms with Crippen LogP contribution in [0.1, 0.15) is 30.4 Å². The molecule has 1 N–H and O–H groups in total. The Morgan fingerprint density at radius 1 is 1.23 bits per heavy atom. The van der Waals surface area contributed by atoms with Crippen molar-refractivity contribution in [3.63, 3.8) is 0 Å². The summed E-state index contributed by atoms with van der Waals surface area (Å²) in [5, 5.41) is 8.64. The Kier molecular flexibility index (Phi) is 6.21. The number of carbonyl (C=O) groups is 2. The fraction of sp³-hybridized carbons (Fsp3) is 0.375. The predicted molar refractivity (Wildman–Crippen MR) is 119 cm³/mol. The number of methoxy groups -OCH3 is 1. The fourth-order valence-corrected chi connectivity index (χ4v) is 4.21. The minimum atomic E-state index is -0.439. The van der Waals surface area contributed by atoms with E-state index in [1.54, 1.807) is 12.0 Å². The maximum absolute atomic E-state index is 12.8. The van der Waals surface area contributed by atoms with Gasteiger partial charge in [0.1, 0.15) is 11.8 Å². The van der Waals surface area contributed by atoms with Crippen LogP contribution in [0.2, 0.25) is 0 Å². The summed E-state index contributed by atoms with van der Waals surface area (Å²) in [5.41, 5.74) is 3.22. The molecule has 2 aromatic carbocycles. The molecule has 0 spiro atoms. The molecule has 0 radical (unpaired) electrons. The zero-order chi connectivity index (χ0) is 21.8. The zero-order valence-electron chi connectivity index (χ0n) is 18.0. The molecule has 162 valence electrons. The quantitative estimate of drug-likeness (QED) is 0.569. The number of hydrogen-bond acceptors (Lipinski definition) is 4. The highest BCUT2D eigenvalue weighted by Crippen LogP contribution is 2.26. The molecule has 2 heterocycles. The summed E-state index contributed by atoms with van der Waals surface area (Å²) in [5.74, 6) is 0.634. The molecule has 0 aliphatic carbocycles. The SMILES string of the molecule is COc1ccccc1CN1C(=O)CCC1C(=O)NCCCn1ncc2c(C)cccc21. The number of rotatable bonds is 8. The third-order valence-electron chi connectivity index (χ3n) is 5.92. The number of aryl methyl sites for hydroxylation is 2. The van der Waals surface area contributed by atoms with Crippen molar-refractivity contribution in [1.29, 1.82) is 0 Å². The first-order chi connectivity index (χ1) is 15.1. The number of hydrogen-bond donors (Lipinski definition) is 1. The number of ether oxygens (including phenoxy) is 1. The van der Waals surface area contributed by atoms with Crippen molar-refractivity contribution in [2.24, 2.45) is 0 Å². The molecule has 1 aliphatic heterocycles. The van der Waals surface area contributed by atoms with Gasteiger partial charge in [0.05, 0.1) is 25.4 Å². The highest BCUT2D eigenvalue weighted by atomic mass is 16.5.